The van der Waals surface area contributed by atoms with Gasteiger partial charge in [-0.15, -0.1) is 0 Å². The minimum absolute atomic E-state index is 0.0836. The number of hydrogen-bond donors (Lipinski definition) is 0. The van der Waals surface area contributed by atoms with E-state index in [1.807, 2.05) is 66.9 Å². The SMILES string of the molecule is CC1c2cc(=O)c(OCc3ccccc3)cn2CCN1S(=O)C(C)(C)C. The Bertz CT molecular complexity index is 856. The van der Waals surface area contributed by atoms with Crippen LogP contribution in [0.2, 0.25) is 0 Å². The molecular formula is C20H26N2O3S. The van der Waals surface area contributed by atoms with Crippen LogP contribution in [-0.2, 0) is 24.1 Å². The van der Waals surface area contributed by atoms with Crippen molar-refractivity contribution in [1.29, 1.82) is 0 Å². The van der Waals surface area contributed by atoms with Crippen LogP contribution in [0.3, 0.4) is 0 Å². The summed E-state index contributed by atoms with van der Waals surface area (Å²) in [7, 11) is -1.11. The molecule has 1 aliphatic rings. The molecule has 2 aromatic rings. The van der Waals surface area contributed by atoms with Gasteiger partial charge in [0.1, 0.15) is 17.6 Å². The maximum absolute atomic E-state index is 12.8. The Kier molecular flexibility index (Phi) is 5.34. The van der Waals surface area contributed by atoms with Crippen molar-refractivity contribution in [2.24, 2.45) is 0 Å². The molecule has 0 saturated carbocycles. The number of nitrogens with zero attached hydrogens (tertiary/aromatic N) is 2. The maximum Gasteiger partial charge on any atom is 0.223 e. The van der Waals surface area contributed by atoms with Gasteiger partial charge in [0.25, 0.3) is 0 Å². The summed E-state index contributed by atoms with van der Waals surface area (Å²) in [5.74, 6) is 0.357. The smallest absolute Gasteiger partial charge is 0.223 e. The Hall–Kier alpha value is -1.92. The molecule has 26 heavy (non-hydrogen) atoms. The summed E-state index contributed by atoms with van der Waals surface area (Å²) < 4.78 is 22.2. The number of fused-ring (bicyclic) bond motifs is 1. The fourth-order valence-corrected chi connectivity index (χ4v) is 4.44. The van der Waals surface area contributed by atoms with Crippen molar-refractivity contribution < 1.29 is 8.95 Å². The summed E-state index contributed by atoms with van der Waals surface area (Å²) in [6.45, 7) is 9.64. The van der Waals surface area contributed by atoms with Gasteiger partial charge in [0.2, 0.25) is 5.43 Å². The van der Waals surface area contributed by atoms with Gasteiger partial charge in [-0.1, -0.05) is 30.3 Å². The topological polar surface area (TPSA) is 51.5 Å². The van der Waals surface area contributed by atoms with Crippen LogP contribution in [0, 0.1) is 0 Å². The zero-order valence-corrected chi connectivity index (χ0v) is 16.6. The first kappa shape index (κ1) is 18.9. The van der Waals surface area contributed by atoms with Crippen molar-refractivity contribution in [3.8, 4) is 5.75 Å². The van der Waals surface area contributed by atoms with E-state index < -0.39 is 11.0 Å². The summed E-state index contributed by atoms with van der Waals surface area (Å²) in [6.07, 6.45) is 1.79. The van der Waals surface area contributed by atoms with E-state index in [0.29, 0.717) is 25.4 Å². The highest BCUT2D eigenvalue weighted by atomic mass is 32.2. The van der Waals surface area contributed by atoms with Crippen LogP contribution in [0.1, 0.15) is 45.0 Å². The summed E-state index contributed by atoms with van der Waals surface area (Å²) in [6, 6.07) is 11.3. The number of aromatic nitrogens is 1. The Labute approximate surface area is 157 Å². The van der Waals surface area contributed by atoms with E-state index in [4.69, 9.17) is 4.74 Å². The molecule has 5 nitrogen and oxygen atoms in total. The molecule has 0 amide bonds. The highest BCUT2D eigenvalue weighted by molar-refractivity contribution is 7.84. The van der Waals surface area contributed by atoms with Crippen molar-refractivity contribution in [2.75, 3.05) is 6.54 Å². The van der Waals surface area contributed by atoms with E-state index in [1.54, 1.807) is 12.3 Å². The lowest BCUT2D eigenvalue weighted by Gasteiger charge is -2.38. The van der Waals surface area contributed by atoms with Crippen molar-refractivity contribution in [2.45, 2.75) is 51.6 Å². The lowest BCUT2D eigenvalue weighted by molar-refractivity contribution is 0.274. The zero-order chi connectivity index (χ0) is 18.9. The second kappa shape index (κ2) is 7.37. The van der Waals surface area contributed by atoms with E-state index >= 15 is 0 Å². The largest absolute Gasteiger partial charge is 0.483 e. The summed E-state index contributed by atoms with van der Waals surface area (Å²) in [5.41, 5.74) is 1.77. The van der Waals surface area contributed by atoms with Crippen LogP contribution < -0.4 is 10.2 Å². The molecule has 0 N–H and O–H groups in total. The number of benzene rings is 1. The highest BCUT2D eigenvalue weighted by Crippen LogP contribution is 2.30. The van der Waals surface area contributed by atoms with Gasteiger partial charge in [-0.3, -0.25) is 4.79 Å². The highest BCUT2D eigenvalue weighted by Gasteiger charge is 2.33. The molecule has 0 saturated heterocycles. The van der Waals surface area contributed by atoms with E-state index in [9.17, 15) is 9.00 Å². The molecular weight excluding hydrogens is 348 g/mol. The van der Waals surface area contributed by atoms with Gasteiger partial charge in [0, 0.05) is 24.8 Å². The molecule has 140 valence electrons. The predicted molar refractivity (Wildman–Crippen MR) is 104 cm³/mol. The lowest BCUT2D eigenvalue weighted by Crippen LogP contribution is -2.44. The predicted octanol–water partition coefficient (Wildman–Crippen LogP) is 3.27. The van der Waals surface area contributed by atoms with Crippen LogP contribution >= 0.6 is 0 Å². The number of rotatable bonds is 4. The summed E-state index contributed by atoms with van der Waals surface area (Å²) >= 11 is 0. The van der Waals surface area contributed by atoms with Crippen molar-refractivity contribution in [3.05, 3.63) is 64.1 Å². The van der Waals surface area contributed by atoms with Crippen molar-refractivity contribution >= 4 is 11.0 Å². The van der Waals surface area contributed by atoms with E-state index in [-0.39, 0.29) is 16.2 Å². The monoisotopic (exact) mass is 374 g/mol. The molecule has 1 aromatic carbocycles. The quantitative estimate of drug-likeness (QED) is 0.825. The molecule has 1 aliphatic heterocycles. The third kappa shape index (κ3) is 3.91. The first-order valence-corrected chi connectivity index (χ1v) is 9.98. The van der Waals surface area contributed by atoms with E-state index in [1.165, 1.54) is 0 Å². The van der Waals surface area contributed by atoms with Crippen LogP contribution in [0.4, 0.5) is 0 Å². The number of pyridine rings is 1. The third-order valence-corrected chi connectivity index (χ3v) is 6.49. The van der Waals surface area contributed by atoms with Gasteiger partial charge in [0.15, 0.2) is 5.75 Å². The second-order valence-corrected chi connectivity index (χ2v) is 9.76. The van der Waals surface area contributed by atoms with Crippen molar-refractivity contribution in [3.63, 3.8) is 0 Å². The molecule has 6 heteroatoms. The molecule has 0 fully saturated rings. The first-order valence-electron chi connectivity index (χ1n) is 8.87. The van der Waals surface area contributed by atoms with Crippen LogP contribution in [-0.4, -0.2) is 24.4 Å². The lowest BCUT2D eigenvalue weighted by atomic mass is 10.1. The Morgan fingerprint density at radius 2 is 1.88 bits per heavy atom. The minimum Gasteiger partial charge on any atom is -0.483 e. The summed E-state index contributed by atoms with van der Waals surface area (Å²) in [5, 5.41) is 0. The van der Waals surface area contributed by atoms with E-state index in [2.05, 4.69) is 0 Å². The number of hydrogen-bond acceptors (Lipinski definition) is 3. The molecule has 2 atom stereocenters. The maximum atomic E-state index is 12.8. The normalized spacial score (nSPS) is 19.0. The molecule has 0 spiro atoms. The second-order valence-electron chi connectivity index (χ2n) is 7.57. The van der Waals surface area contributed by atoms with E-state index in [0.717, 1.165) is 11.3 Å². The molecule has 0 radical (unpaired) electrons. The third-order valence-electron chi connectivity index (χ3n) is 4.52. The average Bonchev–Trinajstić information content (AvgIpc) is 2.60. The van der Waals surface area contributed by atoms with Gasteiger partial charge in [-0.25, -0.2) is 8.51 Å². The van der Waals surface area contributed by atoms with Gasteiger partial charge < -0.3 is 9.30 Å². The molecule has 2 heterocycles. The number of ether oxygens (including phenoxy) is 1. The Morgan fingerprint density at radius 1 is 1.19 bits per heavy atom. The van der Waals surface area contributed by atoms with Gasteiger partial charge in [-0.05, 0) is 33.3 Å². The van der Waals surface area contributed by atoms with Crippen molar-refractivity contribution in [1.82, 2.24) is 8.87 Å². The zero-order valence-electron chi connectivity index (χ0n) is 15.8. The standard InChI is InChI=1S/C20H26N2O3S/c1-15-17-12-18(23)19(25-14-16-8-6-5-7-9-16)13-21(17)10-11-22(15)26(24)20(2,3)4/h5-9,12-13,15H,10-11,14H2,1-4H3. The van der Waals surface area contributed by atoms with Gasteiger partial charge >= 0.3 is 0 Å². The first-order chi connectivity index (χ1) is 12.3. The van der Waals surface area contributed by atoms with Crippen LogP contribution in [0.25, 0.3) is 0 Å². The van der Waals surface area contributed by atoms with Gasteiger partial charge in [0.05, 0.1) is 17.0 Å². The fraction of sp³-hybridized carbons (Fsp3) is 0.450. The summed E-state index contributed by atoms with van der Waals surface area (Å²) in [4.78, 5) is 12.5. The fourth-order valence-electron chi connectivity index (χ4n) is 3.09. The molecule has 0 aliphatic carbocycles. The van der Waals surface area contributed by atoms with Crippen LogP contribution in [0.5, 0.6) is 5.75 Å². The molecule has 2 unspecified atom stereocenters. The Balaban J connectivity index is 1.81. The molecule has 1 aromatic heterocycles. The minimum atomic E-state index is -1.11. The Morgan fingerprint density at radius 3 is 2.54 bits per heavy atom. The van der Waals surface area contributed by atoms with Gasteiger partial charge in [-0.2, -0.15) is 0 Å². The van der Waals surface area contributed by atoms with Crippen LogP contribution in [0.15, 0.2) is 47.4 Å². The molecule has 0 bridgehead atoms. The molecule has 3 rings (SSSR count). The average molecular weight is 375 g/mol.